The van der Waals surface area contributed by atoms with Gasteiger partial charge in [0.2, 0.25) is 0 Å². The van der Waals surface area contributed by atoms with Crippen LogP contribution in [-0.2, 0) is 9.53 Å². The van der Waals surface area contributed by atoms with Crippen molar-refractivity contribution in [1.29, 1.82) is 0 Å². The van der Waals surface area contributed by atoms with Gasteiger partial charge in [0.25, 0.3) is 0 Å². The third-order valence-electron chi connectivity index (χ3n) is 2.29. The van der Waals surface area contributed by atoms with Crippen molar-refractivity contribution in [2.45, 2.75) is 0 Å². The minimum absolute atomic E-state index is 0.360. The Hall–Kier alpha value is -1.55. The number of benzene rings is 1. The van der Waals surface area contributed by atoms with Gasteiger partial charge in [-0.1, -0.05) is 22.0 Å². The van der Waals surface area contributed by atoms with Gasteiger partial charge in [-0.15, -0.1) is 0 Å². The number of carbonyl (C=O) groups excluding carboxylic acids is 1. The molecule has 0 unspecified atom stereocenters. The predicted molar refractivity (Wildman–Crippen MR) is 67.0 cm³/mol. The van der Waals surface area contributed by atoms with Crippen molar-refractivity contribution in [3.05, 3.63) is 40.5 Å². The number of ether oxygens (including phenoxy) is 1. The molecule has 0 radical (unpaired) electrons. The smallest absolute Gasteiger partial charge is 0.330 e. The number of hydrogen-bond donors (Lipinski definition) is 1. The van der Waals surface area contributed by atoms with Gasteiger partial charge >= 0.3 is 5.97 Å². The van der Waals surface area contributed by atoms with E-state index in [1.54, 1.807) is 6.08 Å². The Labute approximate surface area is 101 Å². The first-order chi connectivity index (χ1) is 7.72. The molecule has 1 aromatic carbocycles. The zero-order valence-corrected chi connectivity index (χ0v) is 10.2. The van der Waals surface area contributed by atoms with Crippen molar-refractivity contribution >= 4 is 38.9 Å². The maximum Gasteiger partial charge on any atom is 0.330 e. The monoisotopic (exact) mass is 279 g/mol. The lowest BCUT2D eigenvalue weighted by atomic mass is 10.1. The van der Waals surface area contributed by atoms with Gasteiger partial charge in [-0.05, 0) is 18.2 Å². The second-order valence-corrected chi connectivity index (χ2v) is 4.12. The lowest BCUT2D eigenvalue weighted by molar-refractivity contribution is -0.134. The molecule has 1 heterocycles. The highest BCUT2D eigenvalue weighted by Crippen LogP contribution is 2.27. The maximum absolute atomic E-state index is 11.0. The van der Waals surface area contributed by atoms with E-state index in [0.717, 1.165) is 20.9 Å². The van der Waals surface area contributed by atoms with Crippen LogP contribution in [0.3, 0.4) is 0 Å². The van der Waals surface area contributed by atoms with Gasteiger partial charge in [-0.2, -0.15) is 0 Å². The van der Waals surface area contributed by atoms with Crippen LogP contribution < -0.4 is 0 Å². The molecule has 1 N–H and O–H groups in total. The van der Waals surface area contributed by atoms with E-state index < -0.39 is 0 Å². The lowest BCUT2D eigenvalue weighted by Crippen LogP contribution is -1.92. The second-order valence-electron chi connectivity index (χ2n) is 3.26. The number of H-pyrrole nitrogens is 1. The molecule has 0 fully saturated rings. The Bertz CT molecular complexity index is 557. The Morgan fingerprint density at radius 2 is 2.31 bits per heavy atom. The molecule has 0 spiro atoms. The summed E-state index contributed by atoms with van der Waals surface area (Å²) in [7, 11) is 1.36. The highest BCUT2D eigenvalue weighted by Gasteiger charge is 2.04. The fourth-order valence-corrected chi connectivity index (χ4v) is 2.12. The molecule has 2 rings (SSSR count). The van der Waals surface area contributed by atoms with E-state index in [4.69, 9.17) is 0 Å². The summed E-state index contributed by atoms with van der Waals surface area (Å²) in [5, 5.41) is 1.06. The molecule has 0 aliphatic carbocycles. The van der Waals surface area contributed by atoms with Crippen molar-refractivity contribution in [1.82, 2.24) is 4.98 Å². The van der Waals surface area contributed by atoms with Crippen LogP contribution >= 0.6 is 15.9 Å². The zero-order chi connectivity index (χ0) is 11.5. The Kier molecular flexibility index (Phi) is 3.10. The van der Waals surface area contributed by atoms with Gasteiger partial charge in [-0.25, -0.2) is 4.79 Å². The average molecular weight is 280 g/mol. The van der Waals surface area contributed by atoms with E-state index >= 15 is 0 Å². The van der Waals surface area contributed by atoms with Crippen molar-refractivity contribution in [2.24, 2.45) is 0 Å². The summed E-state index contributed by atoms with van der Waals surface area (Å²) in [5.74, 6) is -0.360. The normalized spacial score (nSPS) is 11.1. The molecule has 4 heteroatoms. The van der Waals surface area contributed by atoms with Gasteiger partial charge in [-0.3, -0.25) is 0 Å². The standard InChI is InChI=1S/C12H10BrNO2/c1-16-11(15)6-5-8-7-14-10-4-2-3-9(13)12(8)10/h2-7,14H,1H3. The van der Waals surface area contributed by atoms with Crippen molar-refractivity contribution in [3.63, 3.8) is 0 Å². The Balaban J connectivity index is 2.46. The molecule has 0 atom stereocenters. The van der Waals surface area contributed by atoms with Gasteiger partial charge in [0.1, 0.15) is 0 Å². The van der Waals surface area contributed by atoms with Gasteiger partial charge in [0.15, 0.2) is 0 Å². The molecule has 3 nitrogen and oxygen atoms in total. The van der Waals surface area contributed by atoms with Crippen LogP contribution in [0, 0.1) is 0 Å². The van der Waals surface area contributed by atoms with Crippen LogP contribution in [0.4, 0.5) is 0 Å². The molecule has 16 heavy (non-hydrogen) atoms. The third-order valence-corrected chi connectivity index (χ3v) is 2.95. The van der Waals surface area contributed by atoms with Crippen LogP contribution in [0.15, 0.2) is 34.9 Å². The van der Waals surface area contributed by atoms with E-state index in [1.165, 1.54) is 13.2 Å². The van der Waals surface area contributed by atoms with Gasteiger partial charge in [0, 0.05) is 33.2 Å². The highest BCUT2D eigenvalue weighted by molar-refractivity contribution is 9.10. The summed E-state index contributed by atoms with van der Waals surface area (Å²) in [4.78, 5) is 14.1. The fraction of sp³-hybridized carbons (Fsp3) is 0.0833. The zero-order valence-electron chi connectivity index (χ0n) is 8.66. The van der Waals surface area contributed by atoms with Gasteiger partial charge < -0.3 is 9.72 Å². The summed E-state index contributed by atoms with van der Waals surface area (Å²) in [6.45, 7) is 0. The molecule has 1 aromatic heterocycles. The minimum atomic E-state index is -0.360. The summed E-state index contributed by atoms with van der Waals surface area (Å²) < 4.78 is 5.54. The number of hydrogen-bond acceptors (Lipinski definition) is 2. The lowest BCUT2D eigenvalue weighted by Gasteiger charge is -1.95. The van der Waals surface area contributed by atoms with Gasteiger partial charge in [0.05, 0.1) is 7.11 Å². The minimum Gasteiger partial charge on any atom is -0.466 e. The molecule has 0 bridgehead atoms. The second kappa shape index (κ2) is 4.53. The number of aromatic nitrogens is 1. The van der Waals surface area contributed by atoms with Crippen LogP contribution in [0.1, 0.15) is 5.56 Å². The maximum atomic E-state index is 11.0. The van der Waals surface area contributed by atoms with E-state index in [9.17, 15) is 4.79 Å². The van der Waals surface area contributed by atoms with Crippen LogP contribution in [0.5, 0.6) is 0 Å². The molecule has 82 valence electrons. The summed E-state index contributed by atoms with van der Waals surface area (Å²) in [6, 6.07) is 5.90. The summed E-state index contributed by atoms with van der Waals surface area (Å²) >= 11 is 3.48. The SMILES string of the molecule is COC(=O)C=Cc1c[nH]c2cccc(Br)c12. The molecule has 0 aliphatic rings. The van der Waals surface area contributed by atoms with Crippen LogP contribution in [-0.4, -0.2) is 18.1 Å². The molecule has 0 amide bonds. The first-order valence-corrected chi connectivity index (χ1v) is 5.53. The first kappa shape index (κ1) is 11.0. The molecule has 0 saturated carbocycles. The topological polar surface area (TPSA) is 42.1 Å². The quantitative estimate of drug-likeness (QED) is 0.678. The average Bonchev–Trinajstić information content (AvgIpc) is 2.70. The largest absolute Gasteiger partial charge is 0.466 e. The third kappa shape index (κ3) is 2.02. The van der Waals surface area contributed by atoms with E-state index in [-0.39, 0.29) is 5.97 Å². The van der Waals surface area contributed by atoms with Crippen molar-refractivity contribution in [3.8, 4) is 0 Å². The number of rotatable bonds is 2. The Morgan fingerprint density at radius 3 is 3.06 bits per heavy atom. The van der Waals surface area contributed by atoms with Crippen LogP contribution in [0.25, 0.3) is 17.0 Å². The van der Waals surface area contributed by atoms with Crippen molar-refractivity contribution < 1.29 is 9.53 Å². The number of carbonyl (C=O) groups is 1. The number of fused-ring (bicyclic) bond motifs is 1. The summed E-state index contributed by atoms with van der Waals surface area (Å²) in [5.41, 5.74) is 1.98. The molecule has 0 saturated heterocycles. The fourth-order valence-electron chi connectivity index (χ4n) is 1.52. The van der Waals surface area contributed by atoms with Crippen molar-refractivity contribution in [2.75, 3.05) is 7.11 Å². The number of methoxy groups -OCH3 is 1. The van der Waals surface area contributed by atoms with Crippen LogP contribution in [0.2, 0.25) is 0 Å². The molecular formula is C12H10BrNO2. The Morgan fingerprint density at radius 1 is 1.50 bits per heavy atom. The molecule has 2 aromatic rings. The van der Waals surface area contributed by atoms with E-state index in [1.807, 2.05) is 24.4 Å². The van der Waals surface area contributed by atoms with E-state index in [0.29, 0.717) is 0 Å². The number of aromatic amines is 1. The van der Waals surface area contributed by atoms with E-state index in [2.05, 4.69) is 25.7 Å². The number of halogens is 1. The first-order valence-electron chi connectivity index (χ1n) is 4.74. The summed E-state index contributed by atoms with van der Waals surface area (Å²) in [6.07, 6.45) is 4.99. The predicted octanol–water partition coefficient (Wildman–Crippen LogP) is 3.12. The molecular weight excluding hydrogens is 270 g/mol. The highest BCUT2D eigenvalue weighted by atomic mass is 79.9. The molecule has 0 aliphatic heterocycles. The number of esters is 1. The number of nitrogens with one attached hydrogen (secondary N) is 1.